The molecule has 0 N–H and O–H groups in total. The maximum absolute atomic E-state index is 13.5. The van der Waals surface area contributed by atoms with Gasteiger partial charge in [0.05, 0.1) is 18.9 Å². The van der Waals surface area contributed by atoms with E-state index in [-0.39, 0.29) is 30.3 Å². The van der Waals surface area contributed by atoms with Gasteiger partial charge in [0, 0.05) is 32.2 Å². The Hall–Kier alpha value is -1.83. The minimum Gasteiger partial charge on any atom is -0.466 e. The van der Waals surface area contributed by atoms with Gasteiger partial charge in [-0.25, -0.2) is 4.79 Å². The van der Waals surface area contributed by atoms with Crippen LogP contribution in [-0.2, 0) is 19.1 Å². The van der Waals surface area contributed by atoms with Crippen molar-refractivity contribution in [3.63, 3.8) is 0 Å². The molecule has 2 unspecified atom stereocenters. The Bertz CT molecular complexity index is 619. The van der Waals surface area contributed by atoms with Gasteiger partial charge >= 0.3 is 12.1 Å². The number of amides is 2. The molecule has 2 fully saturated rings. The van der Waals surface area contributed by atoms with Crippen molar-refractivity contribution in [3.05, 3.63) is 0 Å². The lowest BCUT2D eigenvalue weighted by molar-refractivity contribution is -0.145. The average Bonchev–Trinajstić information content (AvgIpc) is 3.16. The van der Waals surface area contributed by atoms with Gasteiger partial charge < -0.3 is 19.3 Å². The van der Waals surface area contributed by atoms with Gasteiger partial charge in [-0.1, -0.05) is 6.92 Å². The molecule has 0 aliphatic carbocycles. The summed E-state index contributed by atoms with van der Waals surface area (Å²) in [5, 5.41) is 0. The minimum absolute atomic E-state index is 0.0283. The van der Waals surface area contributed by atoms with Crippen molar-refractivity contribution in [2.24, 2.45) is 5.92 Å². The van der Waals surface area contributed by atoms with E-state index in [4.69, 9.17) is 9.47 Å². The van der Waals surface area contributed by atoms with Crippen molar-refractivity contribution in [2.45, 2.75) is 78.4 Å². The van der Waals surface area contributed by atoms with Crippen molar-refractivity contribution < 1.29 is 23.9 Å². The molecule has 2 heterocycles. The van der Waals surface area contributed by atoms with Crippen LogP contribution in [0.15, 0.2) is 0 Å². The molecule has 0 radical (unpaired) electrons. The van der Waals surface area contributed by atoms with E-state index in [1.165, 1.54) is 0 Å². The highest BCUT2D eigenvalue weighted by molar-refractivity contribution is 5.81. The summed E-state index contributed by atoms with van der Waals surface area (Å²) >= 11 is 0. The first-order valence-corrected chi connectivity index (χ1v) is 11.8. The van der Waals surface area contributed by atoms with Crippen LogP contribution >= 0.6 is 0 Å². The SMILES string of the molecule is CCOC(=O)CCN(CC1CCCN1CC)C(=O)C1CCCN(C(=O)OC(C)(C)C)C1. The predicted molar refractivity (Wildman–Crippen MR) is 119 cm³/mol. The third kappa shape index (κ3) is 7.98. The number of carbonyl (C=O) groups is 3. The number of hydrogen-bond donors (Lipinski definition) is 0. The lowest BCUT2D eigenvalue weighted by atomic mass is 9.96. The number of ether oxygens (including phenoxy) is 2. The first-order chi connectivity index (χ1) is 14.6. The van der Waals surface area contributed by atoms with Crippen LogP contribution in [0.5, 0.6) is 0 Å². The monoisotopic (exact) mass is 439 g/mol. The van der Waals surface area contributed by atoms with Crippen LogP contribution in [0.25, 0.3) is 0 Å². The van der Waals surface area contributed by atoms with Crippen LogP contribution in [0.1, 0.15) is 66.7 Å². The standard InChI is InChI=1S/C23H41N3O5/c1-6-24-13-9-11-19(24)17-25(15-12-20(27)30-7-2)21(28)18-10-8-14-26(16-18)22(29)31-23(3,4)5/h18-19H,6-17H2,1-5H3. The van der Waals surface area contributed by atoms with Gasteiger partial charge in [-0.3, -0.25) is 14.5 Å². The quantitative estimate of drug-likeness (QED) is 0.541. The Labute approximate surface area is 187 Å². The summed E-state index contributed by atoms with van der Waals surface area (Å²) in [6.07, 6.45) is 3.54. The van der Waals surface area contributed by atoms with E-state index in [9.17, 15) is 14.4 Å². The topological polar surface area (TPSA) is 79.4 Å². The second kappa shape index (κ2) is 11.7. The Morgan fingerprint density at radius 1 is 1.06 bits per heavy atom. The van der Waals surface area contributed by atoms with Crippen LogP contribution in [0.4, 0.5) is 4.79 Å². The molecular weight excluding hydrogens is 398 g/mol. The zero-order chi connectivity index (χ0) is 23.0. The molecule has 2 atom stereocenters. The molecule has 2 saturated heterocycles. The molecule has 0 bridgehead atoms. The van der Waals surface area contributed by atoms with Crippen LogP contribution in [-0.4, -0.2) is 90.2 Å². The van der Waals surface area contributed by atoms with Gasteiger partial charge in [0.25, 0.3) is 0 Å². The summed E-state index contributed by atoms with van der Waals surface area (Å²) in [6, 6.07) is 0.321. The maximum atomic E-state index is 13.5. The second-order valence-corrected chi connectivity index (χ2v) is 9.53. The summed E-state index contributed by atoms with van der Waals surface area (Å²) in [6.45, 7) is 13.8. The van der Waals surface area contributed by atoms with E-state index in [1.54, 1.807) is 11.8 Å². The molecule has 178 valence electrons. The highest BCUT2D eigenvalue weighted by atomic mass is 16.6. The molecule has 8 heteroatoms. The van der Waals surface area contributed by atoms with E-state index in [0.29, 0.717) is 38.8 Å². The number of likely N-dealkylation sites (tertiary alicyclic amines) is 2. The van der Waals surface area contributed by atoms with Crippen LogP contribution in [0.3, 0.4) is 0 Å². The van der Waals surface area contributed by atoms with Gasteiger partial charge in [0.1, 0.15) is 5.60 Å². The van der Waals surface area contributed by atoms with E-state index < -0.39 is 5.60 Å². The molecular formula is C23H41N3O5. The lowest BCUT2D eigenvalue weighted by Crippen LogP contribution is -2.50. The van der Waals surface area contributed by atoms with E-state index in [1.807, 2.05) is 25.7 Å². The largest absolute Gasteiger partial charge is 0.466 e. The number of piperidine rings is 1. The number of likely N-dealkylation sites (N-methyl/N-ethyl adjacent to an activating group) is 1. The highest BCUT2D eigenvalue weighted by Crippen LogP contribution is 2.24. The zero-order valence-corrected chi connectivity index (χ0v) is 20.0. The molecule has 8 nitrogen and oxygen atoms in total. The van der Waals surface area contributed by atoms with Crippen molar-refractivity contribution in [1.82, 2.24) is 14.7 Å². The van der Waals surface area contributed by atoms with E-state index in [2.05, 4.69) is 11.8 Å². The third-order valence-electron chi connectivity index (χ3n) is 5.96. The number of rotatable bonds is 8. The van der Waals surface area contributed by atoms with Crippen molar-refractivity contribution in [3.8, 4) is 0 Å². The Morgan fingerprint density at radius 3 is 2.42 bits per heavy atom. The molecule has 2 amide bonds. The van der Waals surface area contributed by atoms with Gasteiger partial charge in [0.2, 0.25) is 5.91 Å². The number of nitrogens with zero attached hydrogens (tertiary/aromatic N) is 3. The Balaban J connectivity index is 2.05. The fourth-order valence-electron chi connectivity index (χ4n) is 4.45. The molecule has 0 aromatic carbocycles. The molecule has 2 rings (SSSR count). The van der Waals surface area contributed by atoms with E-state index >= 15 is 0 Å². The molecule has 2 aliphatic rings. The number of hydrogen-bond acceptors (Lipinski definition) is 6. The maximum Gasteiger partial charge on any atom is 0.410 e. The minimum atomic E-state index is -0.564. The summed E-state index contributed by atoms with van der Waals surface area (Å²) in [5.41, 5.74) is -0.564. The molecule has 0 aromatic rings. The van der Waals surface area contributed by atoms with Gasteiger partial charge in [-0.2, -0.15) is 0 Å². The van der Waals surface area contributed by atoms with Crippen LogP contribution in [0, 0.1) is 5.92 Å². The van der Waals surface area contributed by atoms with Gasteiger partial charge in [-0.15, -0.1) is 0 Å². The van der Waals surface area contributed by atoms with Crippen molar-refractivity contribution in [2.75, 3.05) is 45.9 Å². The molecule has 2 aliphatic heterocycles. The van der Waals surface area contributed by atoms with Crippen LogP contribution in [0.2, 0.25) is 0 Å². The fraction of sp³-hybridized carbons (Fsp3) is 0.870. The van der Waals surface area contributed by atoms with Gasteiger partial charge in [-0.05, 0) is 66.5 Å². The van der Waals surface area contributed by atoms with Crippen molar-refractivity contribution in [1.29, 1.82) is 0 Å². The average molecular weight is 440 g/mol. The van der Waals surface area contributed by atoms with E-state index in [0.717, 1.165) is 38.8 Å². The number of esters is 1. The lowest BCUT2D eigenvalue weighted by Gasteiger charge is -2.37. The molecule has 31 heavy (non-hydrogen) atoms. The molecule has 0 aromatic heterocycles. The smallest absolute Gasteiger partial charge is 0.410 e. The first kappa shape index (κ1) is 25.4. The first-order valence-electron chi connectivity index (χ1n) is 11.8. The van der Waals surface area contributed by atoms with Crippen LogP contribution < -0.4 is 0 Å². The summed E-state index contributed by atoms with van der Waals surface area (Å²) in [5.74, 6) is -0.515. The summed E-state index contributed by atoms with van der Waals surface area (Å²) < 4.78 is 10.6. The highest BCUT2D eigenvalue weighted by Gasteiger charge is 2.35. The zero-order valence-electron chi connectivity index (χ0n) is 20.0. The normalized spacial score (nSPS) is 22.3. The summed E-state index contributed by atoms with van der Waals surface area (Å²) in [7, 11) is 0. The van der Waals surface area contributed by atoms with Gasteiger partial charge in [0.15, 0.2) is 0 Å². The molecule has 0 spiro atoms. The summed E-state index contributed by atoms with van der Waals surface area (Å²) in [4.78, 5) is 43.8. The molecule has 0 saturated carbocycles. The fourth-order valence-corrected chi connectivity index (χ4v) is 4.45. The predicted octanol–water partition coefficient (Wildman–Crippen LogP) is 2.90. The Kier molecular flexibility index (Phi) is 9.59. The second-order valence-electron chi connectivity index (χ2n) is 9.53. The van der Waals surface area contributed by atoms with Crippen molar-refractivity contribution >= 4 is 18.0 Å². The Morgan fingerprint density at radius 2 is 1.77 bits per heavy atom. The number of carbonyl (C=O) groups excluding carboxylic acids is 3. The third-order valence-corrected chi connectivity index (χ3v) is 5.96.